The van der Waals surface area contributed by atoms with Gasteiger partial charge in [-0.05, 0) is 6.55 Å². The molecule has 0 aliphatic rings. The van der Waals surface area contributed by atoms with Gasteiger partial charge in [0.25, 0.3) is 0 Å². The zero-order chi connectivity index (χ0) is 4.99. The van der Waals surface area contributed by atoms with E-state index in [-0.39, 0.29) is 29.6 Å². The molecular weight excluding hydrogens is 119 g/mol. The molecule has 0 heterocycles. The van der Waals surface area contributed by atoms with Crippen molar-refractivity contribution in [1.82, 2.24) is 0 Å². The molecule has 0 N–H and O–H groups in total. The Morgan fingerprint density at radius 3 is 1.43 bits per heavy atom. The van der Waals surface area contributed by atoms with Crippen molar-refractivity contribution in [3.63, 3.8) is 0 Å². The van der Waals surface area contributed by atoms with Crippen LogP contribution in [0.4, 0.5) is 0 Å². The summed E-state index contributed by atoms with van der Waals surface area (Å²) in [5, 5.41) is 0. The molecule has 0 amide bonds. The Labute approximate surface area is 68.3 Å². The third-order valence-corrected chi connectivity index (χ3v) is 1.99. The molecule has 0 saturated heterocycles. The molecule has 0 bridgehead atoms. The molecule has 0 fully saturated rings. The topological polar surface area (TPSA) is 18.5 Å². The molecule has 0 rings (SSSR count). The first kappa shape index (κ1) is 11.0. The predicted molar refractivity (Wildman–Crippen MR) is 34.2 cm³/mol. The molecule has 0 aliphatic carbocycles. The molecular formula is C3H11NaO2Si. The van der Waals surface area contributed by atoms with E-state index >= 15 is 0 Å². The van der Waals surface area contributed by atoms with E-state index in [1.165, 1.54) is 0 Å². The Morgan fingerprint density at radius 1 is 1.14 bits per heavy atom. The van der Waals surface area contributed by atoms with Crippen LogP contribution in [0.5, 0.6) is 0 Å². The van der Waals surface area contributed by atoms with Gasteiger partial charge in [0, 0.05) is 14.2 Å². The van der Waals surface area contributed by atoms with E-state index in [4.69, 9.17) is 8.85 Å². The van der Waals surface area contributed by atoms with Crippen molar-refractivity contribution in [1.29, 1.82) is 0 Å². The van der Waals surface area contributed by atoms with Gasteiger partial charge in [0.05, 0.1) is 0 Å². The number of hydrogen-bond donors (Lipinski definition) is 0. The van der Waals surface area contributed by atoms with Gasteiger partial charge < -0.3 is 8.85 Å². The average Bonchev–Trinajstić information content (AvgIpc) is 1.65. The predicted octanol–water partition coefficient (Wildman–Crippen LogP) is -0.519. The third kappa shape index (κ3) is 7.14. The van der Waals surface area contributed by atoms with E-state index in [0.717, 1.165) is 0 Å². The van der Waals surface area contributed by atoms with Crippen LogP contribution < -0.4 is 0 Å². The zero-order valence-corrected chi connectivity index (χ0v) is 5.55. The average molecular weight is 130 g/mol. The third-order valence-electron chi connectivity index (χ3n) is 0.664. The van der Waals surface area contributed by atoms with Crippen LogP contribution in [-0.2, 0) is 8.85 Å². The second-order valence-corrected chi connectivity index (χ2v) is 3.12. The van der Waals surface area contributed by atoms with Gasteiger partial charge in [0.1, 0.15) is 0 Å². The van der Waals surface area contributed by atoms with Crippen molar-refractivity contribution in [2.75, 3.05) is 14.2 Å². The quantitative estimate of drug-likeness (QED) is 0.468. The van der Waals surface area contributed by atoms with Gasteiger partial charge in [-0.1, -0.05) is 0 Å². The fourth-order valence-corrected chi connectivity index (χ4v) is 0.289. The van der Waals surface area contributed by atoms with Gasteiger partial charge in [-0.25, -0.2) is 0 Å². The van der Waals surface area contributed by atoms with E-state index in [1.54, 1.807) is 14.2 Å². The Kier molecular flexibility index (Phi) is 11.2. The first-order valence-corrected chi connectivity index (χ1v) is 3.96. The molecule has 7 heavy (non-hydrogen) atoms. The van der Waals surface area contributed by atoms with Gasteiger partial charge in [-0.15, -0.1) is 0 Å². The van der Waals surface area contributed by atoms with Gasteiger partial charge in [-0.2, -0.15) is 0 Å². The van der Waals surface area contributed by atoms with E-state index in [0.29, 0.717) is 0 Å². The summed E-state index contributed by atoms with van der Waals surface area (Å²) in [6, 6.07) is 0. The summed E-state index contributed by atoms with van der Waals surface area (Å²) in [6.45, 7) is 1.97. The number of rotatable bonds is 2. The fourth-order valence-electron chi connectivity index (χ4n) is 0.0962. The summed E-state index contributed by atoms with van der Waals surface area (Å²) in [5.41, 5.74) is 0. The Hall–Kier alpha value is 1.14. The van der Waals surface area contributed by atoms with Gasteiger partial charge in [0.15, 0.2) is 0 Å². The standard InChI is InChI=1S/C3H10O2Si.Na.H/c1-4-6(3)5-2;;/h6H,1-3H3;;. The molecule has 0 aliphatic heterocycles. The summed E-state index contributed by atoms with van der Waals surface area (Å²) in [4.78, 5) is 0. The first-order valence-electron chi connectivity index (χ1n) is 1.87. The molecule has 0 unspecified atom stereocenters. The van der Waals surface area contributed by atoms with Crippen LogP contribution in [0.3, 0.4) is 0 Å². The Morgan fingerprint density at radius 2 is 1.43 bits per heavy atom. The Balaban J connectivity index is 0. The van der Waals surface area contributed by atoms with E-state index in [9.17, 15) is 0 Å². The van der Waals surface area contributed by atoms with Crippen molar-refractivity contribution in [3.05, 3.63) is 0 Å². The van der Waals surface area contributed by atoms with Crippen LogP contribution in [0, 0.1) is 0 Å². The monoisotopic (exact) mass is 130 g/mol. The molecule has 0 aromatic rings. The minimum absolute atomic E-state index is 0. The second kappa shape index (κ2) is 7.14. The van der Waals surface area contributed by atoms with Crippen LogP contribution in [0.2, 0.25) is 6.55 Å². The van der Waals surface area contributed by atoms with E-state index in [1.807, 2.05) is 6.55 Å². The van der Waals surface area contributed by atoms with Gasteiger partial charge in [0.2, 0.25) is 0 Å². The summed E-state index contributed by atoms with van der Waals surface area (Å²) >= 11 is 0. The molecule has 0 aromatic carbocycles. The summed E-state index contributed by atoms with van der Waals surface area (Å²) in [7, 11) is 2.17. The van der Waals surface area contributed by atoms with Crippen LogP contribution in [0.25, 0.3) is 0 Å². The molecule has 4 heteroatoms. The van der Waals surface area contributed by atoms with Crippen molar-refractivity contribution in [2.24, 2.45) is 0 Å². The first-order chi connectivity index (χ1) is 2.81. The van der Waals surface area contributed by atoms with Crippen molar-refractivity contribution >= 4 is 38.8 Å². The molecule has 2 nitrogen and oxygen atoms in total. The van der Waals surface area contributed by atoms with Crippen LogP contribution in [-0.4, -0.2) is 53.1 Å². The zero-order valence-electron chi connectivity index (χ0n) is 4.39. The molecule has 0 aromatic heterocycles. The summed E-state index contributed by atoms with van der Waals surface area (Å²) in [6.07, 6.45) is 0. The van der Waals surface area contributed by atoms with Crippen LogP contribution in [0.1, 0.15) is 0 Å². The molecule has 0 saturated carbocycles. The number of hydrogen-bond acceptors (Lipinski definition) is 2. The van der Waals surface area contributed by atoms with Crippen LogP contribution >= 0.6 is 0 Å². The van der Waals surface area contributed by atoms with Gasteiger partial charge >= 0.3 is 38.8 Å². The van der Waals surface area contributed by atoms with Gasteiger partial charge in [-0.3, -0.25) is 0 Å². The SMILES string of the molecule is CO[SiH](C)OC.[NaH]. The maximum atomic E-state index is 4.82. The molecule has 0 radical (unpaired) electrons. The second-order valence-electron chi connectivity index (χ2n) is 1.04. The normalized spacial score (nSPS) is 8.57. The molecule has 0 spiro atoms. The van der Waals surface area contributed by atoms with E-state index in [2.05, 4.69) is 0 Å². The molecule has 40 valence electrons. The molecule has 0 atom stereocenters. The summed E-state index contributed by atoms with van der Waals surface area (Å²) < 4.78 is 9.63. The minimum atomic E-state index is -1.16. The van der Waals surface area contributed by atoms with Crippen molar-refractivity contribution in [2.45, 2.75) is 6.55 Å². The summed E-state index contributed by atoms with van der Waals surface area (Å²) in [5.74, 6) is 0. The van der Waals surface area contributed by atoms with Crippen molar-refractivity contribution in [3.8, 4) is 0 Å². The fraction of sp³-hybridized carbons (Fsp3) is 1.00. The van der Waals surface area contributed by atoms with E-state index < -0.39 is 9.28 Å². The maximum absolute atomic E-state index is 4.82. The van der Waals surface area contributed by atoms with Crippen LogP contribution in [0.15, 0.2) is 0 Å². The Bertz CT molecular complexity index is 32.1. The van der Waals surface area contributed by atoms with Crippen molar-refractivity contribution < 1.29 is 8.85 Å².